The highest BCUT2D eigenvalue weighted by Crippen LogP contribution is 2.25. The summed E-state index contributed by atoms with van der Waals surface area (Å²) >= 11 is 0. The summed E-state index contributed by atoms with van der Waals surface area (Å²) in [4.78, 5) is 14.2. The van der Waals surface area contributed by atoms with Crippen LogP contribution in [0.4, 0.5) is 14.5 Å². The number of hydrogen-bond acceptors (Lipinski definition) is 3. The highest BCUT2D eigenvalue weighted by Gasteiger charge is 2.42. The molecule has 0 bridgehead atoms. The first-order valence-electron chi connectivity index (χ1n) is 7.25. The Kier molecular flexibility index (Phi) is 3.80. The van der Waals surface area contributed by atoms with Gasteiger partial charge in [-0.25, -0.2) is 8.78 Å². The molecule has 114 valence electrons. The average molecular weight is 295 g/mol. The molecule has 4 nitrogen and oxygen atoms in total. The summed E-state index contributed by atoms with van der Waals surface area (Å²) in [6.45, 7) is 1.17. The molecule has 1 amide bonds. The number of hydrogen-bond donors (Lipinski definition) is 2. The fourth-order valence-electron chi connectivity index (χ4n) is 2.95. The lowest BCUT2D eigenvalue weighted by Crippen LogP contribution is -2.46. The van der Waals surface area contributed by atoms with Gasteiger partial charge in [-0.2, -0.15) is 0 Å². The predicted octanol–water partition coefficient (Wildman–Crippen LogP) is 1.38. The van der Waals surface area contributed by atoms with Crippen LogP contribution in [0.2, 0.25) is 0 Å². The number of amides is 1. The van der Waals surface area contributed by atoms with Gasteiger partial charge in [0.1, 0.15) is 0 Å². The molecule has 2 atom stereocenters. The Balaban J connectivity index is 1.52. The topological polar surface area (TPSA) is 44.4 Å². The smallest absolute Gasteiger partial charge is 0.262 e. The van der Waals surface area contributed by atoms with Crippen LogP contribution in [-0.2, 0) is 4.79 Å². The number of carbonyl (C=O) groups is 1. The van der Waals surface area contributed by atoms with Crippen LogP contribution < -0.4 is 15.5 Å². The van der Waals surface area contributed by atoms with E-state index in [4.69, 9.17) is 0 Å². The van der Waals surface area contributed by atoms with E-state index in [1.54, 1.807) is 0 Å². The molecular formula is C15H19F2N3O. The van der Waals surface area contributed by atoms with E-state index < -0.39 is 24.9 Å². The molecule has 3 rings (SSSR count). The van der Waals surface area contributed by atoms with Crippen molar-refractivity contribution in [3.8, 4) is 0 Å². The van der Waals surface area contributed by atoms with Crippen molar-refractivity contribution in [2.45, 2.75) is 30.8 Å². The molecule has 2 aliphatic rings. The number of rotatable bonds is 3. The predicted molar refractivity (Wildman–Crippen MR) is 76.6 cm³/mol. The van der Waals surface area contributed by atoms with Gasteiger partial charge in [-0.15, -0.1) is 0 Å². The Morgan fingerprint density at radius 2 is 2.10 bits per heavy atom. The van der Waals surface area contributed by atoms with E-state index in [1.807, 2.05) is 30.3 Å². The van der Waals surface area contributed by atoms with Gasteiger partial charge in [-0.3, -0.25) is 10.1 Å². The number of anilines is 1. The zero-order valence-corrected chi connectivity index (χ0v) is 11.7. The van der Waals surface area contributed by atoms with Gasteiger partial charge in [-0.1, -0.05) is 18.2 Å². The first-order chi connectivity index (χ1) is 10.0. The molecule has 0 spiro atoms. The summed E-state index contributed by atoms with van der Waals surface area (Å²) in [7, 11) is 0. The molecule has 1 aromatic carbocycles. The fourth-order valence-corrected chi connectivity index (χ4v) is 2.95. The van der Waals surface area contributed by atoms with Crippen LogP contribution in [0.15, 0.2) is 30.3 Å². The molecule has 2 saturated heterocycles. The second-order valence-corrected chi connectivity index (χ2v) is 5.77. The summed E-state index contributed by atoms with van der Waals surface area (Å²) in [5.74, 6) is -3.08. The summed E-state index contributed by atoms with van der Waals surface area (Å²) in [5.41, 5.74) is 1.12. The quantitative estimate of drug-likeness (QED) is 0.885. The molecule has 2 aliphatic heterocycles. The maximum absolute atomic E-state index is 13.1. The van der Waals surface area contributed by atoms with Gasteiger partial charge in [0.05, 0.1) is 12.6 Å². The van der Waals surface area contributed by atoms with Crippen LogP contribution in [0.3, 0.4) is 0 Å². The maximum atomic E-state index is 13.1. The second kappa shape index (κ2) is 5.60. The molecule has 2 heterocycles. The Morgan fingerprint density at radius 3 is 2.76 bits per heavy atom. The molecule has 6 heteroatoms. The minimum absolute atomic E-state index is 0.0220. The minimum atomic E-state index is -2.77. The lowest BCUT2D eigenvalue weighted by Gasteiger charge is -2.20. The molecule has 2 fully saturated rings. The number of nitrogens with zero attached hydrogens (tertiary/aromatic N) is 1. The van der Waals surface area contributed by atoms with Gasteiger partial charge < -0.3 is 10.2 Å². The number of alkyl halides is 2. The van der Waals surface area contributed by atoms with Gasteiger partial charge in [0, 0.05) is 31.2 Å². The zero-order valence-electron chi connectivity index (χ0n) is 11.7. The first kappa shape index (κ1) is 14.3. The maximum Gasteiger partial charge on any atom is 0.262 e. The van der Waals surface area contributed by atoms with E-state index in [0.29, 0.717) is 0 Å². The molecule has 2 N–H and O–H groups in total. The first-order valence-corrected chi connectivity index (χ1v) is 7.25. The molecular weight excluding hydrogens is 276 g/mol. The number of carbonyl (C=O) groups excluding carboxylic acids is 1. The average Bonchev–Trinajstić information content (AvgIpc) is 3.06. The fraction of sp³-hybridized carbons (Fsp3) is 0.533. The van der Waals surface area contributed by atoms with E-state index in [0.717, 1.165) is 25.2 Å². The molecule has 1 aromatic rings. The standard InChI is InChI=1S/C15H19F2N3O/c16-15(17)8-13(18-10-15)14(21)19-11-6-7-20(9-11)12-4-2-1-3-5-12/h1-5,11,13,18H,6-10H2,(H,19,21). The van der Waals surface area contributed by atoms with Crippen molar-refractivity contribution in [1.29, 1.82) is 0 Å². The van der Waals surface area contributed by atoms with Crippen LogP contribution in [0, 0.1) is 0 Å². The van der Waals surface area contributed by atoms with E-state index in [1.165, 1.54) is 0 Å². The van der Waals surface area contributed by atoms with E-state index in [2.05, 4.69) is 15.5 Å². The van der Waals surface area contributed by atoms with Gasteiger partial charge in [0.2, 0.25) is 5.91 Å². The highest BCUT2D eigenvalue weighted by molar-refractivity contribution is 5.82. The van der Waals surface area contributed by atoms with Crippen molar-refractivity contribution in [3.63, 3.8) is 0 Å². The number of para-hydroxylation sites is 1. The largest absolute Gasteiger partial charge is 0.369 e. The molecule has 0 aliphatic carbocycles. The van der Waals surface area contributed by atoms with Crippen LogP contribution in [0.1, 0.15) is 12.8 Å². The van der Waals surface area contributed by atoms with Gasteiger partial charge >= 0.3 is 0 Å². The monoisotopic (exact) mass is 295 g/mol. The molecule has 0 radical (unpaired) electrons. The Labute approximate surface area is 122 Å². The van der Waals surface area contributed by atoms with Crippen molar-refractivity contribution in [2.24, 2.45) is 0 Å². The van der Waals surface area contributed by atoms with Crippen molar-refractivity contribution in [3.05, 3.63) is 30.3 Å². The van der Waals surface area contributed by atoms with E-state index in [-0.39, 0.29) is 11.9 Å². The third kappa shape index (κ3) is 3.32. The van der Waals surface area contributed by atoms with Crippen LogP contribution in [0.25, 0.3) is 0 Å². The van der Waals surface area contributed by atoms with E-state index in [9.17, 15) is 13.6 Å². The zero-order chi connectivity index (χ0) is 14.9. The highest BCUT2D eigenvalue weighted by atomic mass is 19.3. The molecule has 21 heavy (non-hydrogen) atoms. The Bertz CT molecular complexity index is 509. The normalized spacial score (nSPS) is 27.8. The molecule has 2 unspecified atom stereocenters. The second-order valence-electron chi connectivity index (χ2n) is 5.77. The van der Waals surface area contributed by atoms with Gasteiger partial charge in [0.15, 0.2) is 0 Å². The summed E-state index contributed by atoms with van der Waals surface area (Å²) < 4.78 is 26.2. The van der Waals surface area contributed by atoms with Gasteiger partial charge in [0.25, 0.3) is 5.92 Å². The third-order valence-electron chi connectivity index (χ3n) is 4.08. The van der Waals surface area contributed by atoms with Crippen LogP contribution >= 0.6 is 0 Å². The lowest BCUT2D eigenvalue weighted by atomic mass is 10.1. The van der Waals surface area contributed by atoms with E-state index >= 15 is 0 Å². The summed E-state index contributed by atoms with van der Waals surface area (Å²) in [5, 5.41) is 5.47. The third-order valence-corrected chi connectivity index (χ3v) is 4.08. The molecule has 0 aromatic heterocycles. The number of nitrogens with one attached hydrogen (secondary N) is 2. The molecule has 0 saturated carbocycles. The minimum Gasteiger partial charge on any atom is -0.369 e. The summed E-state index contributed by atoms with van der Waals surface area (Å²) in [6.07, 6.45) is 0.428. The van der Waals surface area contributed by atoms with Gasteiger partial charge in [-0.05, 0) is 18.6 Å². The van der Waals surface area contributed by atoms with Crippen molar-refractivity contribution < 1.29 is 13.6 Å². The van der Waals surface area contributed by atoms with Crippen LogP contribution in [0.5, 0.6) is 0 Å². The number of halogens is 2. The van der Waals surface area contributed by atoms with Crippen molar-refractivity contribution >= 4 is 11.6 Å². The Hall–Kier alpha value is -1.69. The lowest BCUT2D eigenvalue weighted by molar-refractivity contribution is -0.124. The van der Waals surface area contributed by atoms with Crippen LogP contribution in [-0.4, -0.2) is 43.5 Å². The number of benzene rings is 1. The van der Waals surface area contributed by atoms with Crippen molar-refractivity contribution in [2.75, 3.05) is 24.5 Å². The summed E-state index contributed by atoms with van der Waals surface area (Å²) in [6, 6.07) is 9.23. The van der Waals surface area contributed by atoms with Crippen molar-refractivity contribution in [1.82, 2.24) is 10.6 Å². The Morgan fingerprint density at radius 1 is 1.33 bits per heavy atom. The SMILES string of the molecule is O=C(NC1CCN(c2ccccc2)C1)C1CC(F)(F)CN1.